The van der Waals surface area contributed by atoms with Crippen LogP contribution in [-0.4, -0.2) is 51.7 Å². The highest BCUT2D eigenvalue weighted by atomic mass is 15.1. The molecule has 2 unspecified atom stereocenters. The first-order valence-corrected chi connectivity index (χ1v) is 6.80. The summed E-state index contributed by atoms with van der Waals surface area (Å²) in [5, 5.41) is 6.86. The van der Waals surface area contributed by atoms with Gasteiger partial charge in [-0.3, -0.25) is 0 Å². The Morgan fingerprint density at radius 1 is 1.38 bits per heavy atom. The molecule has 1 fully saturated rings. The molecule has 0 saturated carbocycles. The summed E-state index contributed by atoms with van der Waals surface area (Å²) >= 11 is 0. The molecule has 2 atom stereocenters. The number of rotatable bonds is 8. The van der Waals surface area contributed by atoms with E-state index in [9.17, 15) is 0 Å². The van der Waals surface area contributed by atoms with Crippen molar-refractivity contribution in [3.63, 3.8) is 0 Å². The lowest BCUT2D eigenvalue weighted by atomic mass is 10.0. The molecule has 0 aromatic carbocycles. The predicted molar refractivity (Wildman–Crippen MR) is 70.8 cm³/mol. The molecule has 0 amide bonds. The summed E-state index contributed by atoms with van der Waals surface area (Å²) in [6.45, 7) is 8.36. The van der Waals surface area contributed by atoms with E-state index in [-0.39, 0.29) is 0 Å². The van der Waals surface area contributed by atoms with Crippen LogP contribution in [0.3, 0.4) is 0 Å². The van der Waals surface area contributed by atoms with Crippen molar-refractivity contribution in [2.45, 2.75) is 26.2 Å². The van der Waals surface area contributed by atoms with Crippen molar-refractivity contribution >= 4 is 0 Å². The van der Waals surface area contributed by atoms with Gasteiger partial charge in [0.1, 0.15) is 0 Å². The quantitative estimate of drug-likeness (QED) is 0.610. The number of nitrogens with one attached hydrogen (secondary N) is 2. The van der Waals surface area contributed by atoms with Gasteiger partial charge in [0.2, 0.25) is 0 Å². The number of nitrogens with zero attached hydrogens (tertiary/aromatic N) is 1. The van der Waals surface area contributed by atoms with Crippen LogP contribution in [0.1, 0.15) is 26.2 Å². The van der Waals surface area contributed by atoms with Gasteiger partial charge in [0.25, 0.3) is 0 Å². The highest BCUT2D eigenvalue weighted by molar-refractivity contribution is 4.73. The van der Waals surface area contributed by atoms with Crippen molar-refractivity contribution in [3.05, 3.63) is 0 Å². The second-order valence-electron chi connectivity index (χ2n) is 5.24. The van der Waals surface area contributed by atoms with Crippen LogP contribution in [0.2, 0.25) is 0 Å². The van der Waals surface area contributed by atoms with E-state index in [4.69, 9.17) is 0 Å². The van der Waals surface area contributed by atoms with Gasteiger partial charge in [-0.15, -0.1) is 0 Å². The van der Waals surface area contributed by atoms with Crippen LogP contribution >= 0.6 is 0 Å². The average Bonchev–Trinajstić information content (AvgIpc) is 2.69. The Bertz CT molecular complexity index is 167. The van der Waals surface area contributed by atoms with Gasteiger partial charge in [0, 0.05) is 6.54 Å². The van der Waals surface area contributed by atoms with E-state index in [1.807, 2.05) is 7.05 Å². The van der Waals surface area contributed by atoms with Crippen LogP contribution in [0.4, 0.5) is 0 Å². The van der Waals surface area contributed by atoms with Crippen LogP contribution in [0.15, 0.2) is 0 Å². The molecular weight excluding hydrogens is 198 g/mol. The van der Waals surface area contributed by atoms with Crippen molar-refractivity contribution in [1.82, 2.24) is 15.5 Å². The first-order chi connectivity index (χ1) is 7.76. The summed E-state index contributed by atoms with van der Waals surface area (Å²) in [4.78, 5) is 2.44. The number of hydrogen-bond donors (Lipinski definition) is 2. The van der Waals surface area contributed by atoms with Gasteiger partial charge >= 0.3 is 0 Å². The molecule has 0 aliphatic carbocycles. The van der Waals surface area contributed by atoms with Gasteiger partial charge in [-0.25, -0.2) is 0 Å². The Balaban J connectivity index is 1.98. The van der Waals surface area contributed by atoms with Crippen LogP contribution in [0.5, 0.6) is 0 Å². The third-order valence-corrected chi connectivity index (χ3v) is 3.72. The summed E-state index contributed by atoms with van der Waals surface area (Å²) in [5.74, 6) is 1.72. The molecule has 3 heteroatoms. The third-order valence-electron chi connectivity index (χ3n) is 3.72. The van der Waals surface area contributed by atoms with Gasteiger partial charge in [-0.1, -0.05) is 13.3 Å². The maximum absolute atomic E-state index is 3.60. The monoisotopic (exact) mass is 227 g/mol. The molecule has 0 spiro atoms. The van der Waals surface area contributed by atoms with E-state index >= 15 is 0 Å². The van der Waals surface area contributed by atoms with Crippen LogP contribution < -0.4 is 10.6 Å². The summed E-state index contributed by atoms with van der Waals surface area (Å²) in [6, 6.07) is 0. The first kappa shape index (κ1) is 13.9. The minimum atomic E-state index is 0.788. The topological polar surface area (TPSA) is 27.3 Å². The summed E-state index contributed by atoms with van der Waals surface area (Å²) < 4.78 is 0. The molecule has 1 saturated heterocycles. The van der Waals surface area contributed by atoms with Crippen molar-refractivity contribution in [3.8, 4) is 0 Å². The molecule has 0 bridgehead atoms. The maximum atomic E-state index is 3.60. The lowest BCUT2D eigenvalue weighted by Crippen LogP contribution is -2.30. The first-order valence-electron chi connectivity index (χ1n) is 6.80. The SMILES string of the molecule is CCC(CNC)CNCCC1CCN(C)C1. The molecule has 3 nitrogen and oxygen atoms in total. The van der Waals surface area contributed by atoms with Crippen molar-refractivity contribution in [2.75, 3.05) is 46.8 Å². The molecule has 1 aliphatic heterocycles. The Morgan fingerprint density at radius 2 is 2.19 bits per heavy atom. The smallest absolute Gasteiger partial charge is 0.000756 e. The normalized spacial score (nSPS) is 23.8. The van der Waals surface area contributed by atoms with Crippen molar-refractivity contribution in [1.29, 1.82) is 0 Å². The van der Waals surface area contributed by atoms with E-state index in [1.165, 1.54) is 45.4 Å². The van der Waals surface area contributed by atoms with E-state index in [1.54, 1.807) is 0 Å². The van der Waals surface area contributed by atoms with E-state index in [2.05, 4.69) is 29.5 Å². The van der Waals surface area contributed by atoms with Crippen LogP contribution in [0.25, 0.3) is 0 Å². The molecule has 0 radical (unpaired) electrons. The zero-order valence-electron chi connectivity index (χ0n) is 11.3. The predicted octanol–water partition coefficient (Wildman–Crippen LogP) is 1.16. The fourth-order valence-electron chi connectivity index (χ4n) is 2.52. The van der Waals surface area contributed by atoms with Crippen LogP contribution in [0, 0.1) is 11.8 Å². The molecule has 2 N–H and O–H groups in total. The van der Waals surface area contributed by atoms with Gasteiger partial charge in [-0.2, -0.15) is 0 Å². The molecule has 0 aromatic rings. The zero-order valence-corrected chi connectivity index (χ0v) is 11.3. The Hall–Kier alpha value is -0.120. The Labute approximate surface area is 101 Å². The maximum Gasteiger partial charge on any atom is 0.000756 e. The fourth-order valence-corrected chi connectivity index (χ4v) is 2.52. The van der Waals surface area contributed by atoms with E-state index < -0.39 is 0 Å². The van der Waals surface area contributed by atoms with Gasteiger partial charge in [-0.05, 0) is 65.0 Å². The van der Waals surface area contributed by atoms with E-state index in [0.717, 1.165) is 18.4 Å². The highest BCUT2D eigenvalue weighted by Crippen LogP contribution is 2.16. The summed E-state index contributed by atoms with van der Waals surface area (Å²) in [7, 11) is 4.27. The Morgan fingerprint density at radius 3 is 2.75 bits per heavy atom. The number of likely N-dealkylation sites (tertiary alicyclic amines) is 1. The zero-order chi connectivity index (χ0) is 11.8. The molecule has 96 valence electrons. The lowest BCUT2D eigenvalue weighted by molar-refractivity contribution is 0.378. The van der Waals surface area contributed by atoms with Gasteiger partial charge in [0.05, 0.1) is 0 Å². The average molecular weight is 227 g/mol. The van der Waals surface area contributed by atoms with E-state index in [0.29, 0.717) is 0 Å². The number of hydrogen-bond acceptors (Lipinski definition) is 3. The third kappa shape index (κ3) is 5.28. The van der Waals surface area contributed by atoms with Gasteiger partial charge < -0.3 is 15.5 Å². The molecule has 1 rings (SSSR count). The largest absolute Gasteiger partial charge is 0.319 e. The highest BCUT2D eigenvalue weighted by Gasteiger charge is 2.18. The fraction of sp³-hybridized carbons (Fsp3) is 1.00. The Kier molecular flexibility index (Phi) is 7.01. The summed E-state index contributed by atoms with van der Waals surface area (Å²) in [6.07, 6.45) is 4.01. The second-order valence-corrected chi connectivity index (χ2v) is 5.24. The minimum absolute atomic E-state index is 0.788. The van der Waals surface area contributed by atoms with Gasteiger partial charge in [0.15, 0.2) is 0 Å². The summed E-state index contributed by atoms with van der Waals surface area (Å²) in [5.41, 5.74) is 0. The van der Waals surface area contributed by atoms with Crippen molar-refractivity contribution < 1.29 is 0 Å². The molecular formula is C13H29N3. The standard InChI is InChI=1S/C13H29N3/c1-4-12(9-14-2)10-15-7-5-13-6-8-16(3)11-13/h12-15H,4-11H2,1-3H3. The molecule has 1 heterocycles. The lowest BCUT2D eigenvalue weighted by Gasteiger charge is -2.16. The van der Waals surface area contributed by atoms with Crippen molar-refractivity contribution in [2.24, 2.45) is 11.8 Å². The molecule has 1 aliphatic rings. The van der Waals surface area contributed by atoms with Crippen LogP contribution in [-0.2, 0) is 0 Å². The second kappa shape index (κ2) is 8.04. The molecule has 0 aromatic heterocycles. The minimum Gasteiger partial charge on any atom is -0.319 e. The molecule has 16 heavy (non-hydrogen) atoms.